The van der Waals surface area contributed by atoms with Crippen molar-refractivity contribution in [1.82, 2.24) is 5.32 Å². The zero-order chi connectivity index (χ0) is 8.97. The van der Waals surface area contributed by atoms with Crippen molar-refractivity contribution >= 4 is 28.3 Å². The van der Waals surface area contributed by atoms with Gasteiger partial charge >= 0.3 is 0 Å². The predicted octanol–water partition coefficient (Wildman–Crippen LogP) is 2.34. The first-order valence-electron chi connectivity index (χ1n) is 3.86. The first kappa shape index (κ1) is 12.8. The summed E-state index contributed by atoms with van der Waals surface area (Å²) in [7, 11) is 1.93. The zero-order valence-corrected chi connectivity index (χ0v) is 9.78. The number of phenolic OH excluding ortho intramolecular Hbond substituents is 1. The van der Waals surface area contributed by atoms with Gasteiger partial charge in [0, 0.05) is 0 Å². The molecule has 0 aliphatic rings. The second-order valence-corrected chi connectivity index (χ2v) is 3.49. The molecule has 0 amide bonds. The van der Waals surface area contributed by atoms with Gasteiger partial charge in [-0.25, -0.2) is 0 Å². The molecule has 4 heteroatoms. The highest BCUT2D eigenvalue weighted by Gasteiger charge is 1.98. The topological polar surface area (TPSA) is 32.3 Å². The average Bonchev–Trinajstić information content (AvgIpc) is 2.07. The third kappa shape index (κ3) is 3.98. The Hall–Kier alpha value is -0.250. The van der Waals surface area contributed by atoms with Crippen molar-refractivity contribution in [1.29, 1.82) is 0 Å². The van der Waals surface area contributed by atoms with Crippen LogP contribution in [0.4, 0.5) is 0 Å². The first-order chi connectivity index (χ1) is 5.74. The standard InChI is InChI=1S/C9H12BrNO.ClH/c1-11-5-4-7-2-3-9(12)8(10)6-7;/h2-3,6,11-12H,4-5H2,1H3;1H. The van der Waals surface area contributed by atoms with Crippen LogP contribution in [0.1, 0.15) is 5.56 Å². The van der Waals surface area contributed by atoms with Gasteiger partial charge in [0.05, 0.1) is 4.47 Å². The van der Waals surface area contributed by atoms with Crippen LogP contribution in [0.5, 0.6) is 5.75 Å². The SMILES string of the molecule is CNCCc1ccc(O)c(Br)c1.Cl. The van der Waals surface area contributed by atoms with Gasteiger partial charge in [-0.2, -0.15) is 0 Å². The lowest BCUT2D eigenvalue weighted by atomic mass is 10.1. The summed E-state index contributed by atoms with van der Waals surface area (Å²) in [6.07, 6.45) is 0.982. The molecular formula is C9H13BrClNO. The van der Waals surface area contributed by atoms with E-state index in [4.69, 9.17) is 0 Å². The van der Waals surface area contributed by atoms with Crippen molar-refractivity contribution in [3.8, 4) is 5.75 Å². The van der Waals surface area contributed by atoms with Crippen molar-refractivity contribution in [2.45, 2.75) is 6.42 Å². The normalized spacial score (nSPS) is 9.38. The van der Waals surface area contributed by atoms with E-state index in [0.717, 1.165) is 17.4 Å². The van der Waals surface area contributed by atoms with E-state index in [1.807, 2.05) is 19.2 Å². The molecule has 0 fully saturated rings. The molecule has 2 nitrogen and oxygen atoms in total. The maximum absolute atomic E-state index is 9.21. The van der Waals surface area contributed by atoms with E-state index in [1.54, 1.807) is 6.07 Å². The van der Waals surface area contributed by atoms with Gasteiger partial charge in [-0.1, -0.05) is 6.07 Å². The summed E-state index contributed by atoms with van der Waals surface area (Å²) in [6.45, 7) is 0.956. The van der Waals surface area contributed by atoms with Crippen molar-refractivity contribution in [3.05, 3.63) is 28.2 Å². The molecule has 0 radical (unpaired) electrons. The second-order valence-electron chi connectivity index (χ2n) is 2.64. The quantitative estimate of drug-likeness (QED) is 0.880. The van der Waals surface area contributed by atoms with Crippen LogP contribution in [0.15, 0.2) is 22.7 Å². The van der Waals surface area contributed by atoms with Crippen molar-refractivity contribution in [3.63, 3.8) is 0 Å². The third-order valence-electron chi connectivity index (χ3n) is 1.68. The van der Waals surface area contributed by atoms with Gasteiger partial charge in [-0.3, -0.25) is 0 Å². The molecule has 1 rings (SSSR count). The van der Waals surface area contributed by atoms with Crippen LogP contribution < -0.4 is 5.32 Å². The fraction of sp³-hybridized carbons (Fsp3) is 0.333. The van der Waals surface area contributed by atoms with Crippen LogP contribution in [-0.4, -0.2) is 18.7 Å². The minimum atomic E-state index is 0. The number of nitrogens with one attached hydrogen (secondary N) is 1. The summed E-state index contributed by atoms with van der Waals surface area (Å²) in [4.78, 5) is 0. The van der Waals surface area contributed by atoms with Crippen LogP contribution in [0.25, 0.3) is 0 Å². The molecule has 2 N–H and O–H groups in total. The summed E-state index contributed by atoms with van der Waals surface area (Å²) >= 11 is 3.27. The molecule has 0 heterocycles. The minimum absolute atomic E-state index is 0. The van der Waals surface area contributed by atoms with Gasteiger partial charge in [0.15, 0.2) is 0 Å². The van der Waals surface area contributed by atoms with Crippen LogP contribution in [0.2, 0.25) is 0 Å². The Bertz CT molecular complexity index is 268. The Labute approximate surface area is 92.9 Å². The highest BCUT2D eigenvalue weighted by Crippen LogP contribution is 2.24. The number of aromatic hydroxyl groups is 1. The lowest BCUT2D eigenvalue weighted by Gasteiger charge is -2.02. The molecular weight excluding hydrogens is 253 g/mol. The molecule has 0 spiro atoms. The third-order valence-corrected chi connectivity index (χ3v) is 2.31. The summed E-state index contributed by atoms with van der Waals surface area (Å²) in [6, 6.07) is 5.57. The summed E-state index contributed by atoms with van der Waals surface area (Å²) in [5.41, 5.74) is 1.22. The Kier molecular flexibility index (Phi) is 6.12. The Morgan fingerprint density at radius 3 is 2.69 bits per heavy atom. The van der Waals surface area contributed by atoms with Crippen molar-refractivity contribution in [2.75, 3.05) is 13.6 Å². The summed E-state index contributed by atoms with van der Waals surface area (Å²) in [5.74, 6) is 0.295. The second kappa shape index (κ2) is 6.24. The van der Waals surface area contributed by atoms with E-state index in [-0.39, 0.29) is 12.4 Å². The van der Waals surface area contributed by atoms with Crippen molar-refractivity contribution < 1.29 is 5.11 Å². The first-order valence-corrected chi connectivity index (χ1v) is 4.65. The molecule has 0 saturated heterocycles. The fourth-order valence-electron chi connectivity index (χ4n) is 0.975. The maximum atomic E-state index is 9.21. The van der Waals surface area contributed by atoms with Gasteiger partial charge in [0.25, 0.3) is 0 Å². The van der Waals surface area contributed by atoms with Crippen molar-refractivity contribution in [2.24, 2.45) is 0 Å². The lowest BCUT2D eigenvalue weighted by Crippen LogP contribution is -2.10. The minimum Gasteiger partial charge on any atom is -0.507 e. The predicted molar refractivity (Wildman–Crippen MR) is 60.7 cm³/mol. The Morgan fingerprint density at radius 2 is 2.15 bits per heavy atom. The highest BCUT2D eigenvalue weighted by atomic mass is 79.9. The smallest absolute Gasteiger partial charge is 0.129 e. The lowest BCUT2D eigenvalue weighted by molar-refractivity contribution is 0.471. The van der Waals surface area contributed by atoms with Crippen LogP contribution in [0.3, 0.4) is 0 Å². The number of phenols is 1. The van der Waals surface area contributed by atoms with Gasteiger partial charge in [-0.05, 0) is 53.6 Å². The largest absolute Gasteiger partial charge is 0.507 e. The average molecular weight is 267 g/mol. The molecule has 0 atom stereocenters. The van der Waals surface area contributed by atoms with Gasteiger partial charge in [-0.15, -0.1) is 12.4 Å². The van der Waals surface area contributed by atoms with Gasteiger partial charge in [0.1, 0.15) is 5.75 Å². The molecule has 13 heavy (non-hydrogen) atoms. The van der Waals surface area contributed by atoms with E-state index in [2.05, 4.69) is 21.2 Å². The number of likely N-dealkylation sites (N-methyl/N-ethyl adjacent to an activating group) is 1. The molecule has 1 aromatic carbocycles. The number of hydrogen-bond donors (Lipinski definition) is 2. The molecule has 1 aromatic rings. The number of rotatable bonds is 3. The van der Waals surface area contributed by atoms with Crippen LogP contribution in [-0.2, 0) is 6.42 Å². The fourth-order valence-corrected chi connectivity index (χ4v) is 1.40. The molecule has 0 aliphatic heterocycles. The van der Waals surface area contributed by atoms with E-state index < -0.39 is 0 Å². The molecule has 0 unspecified atom stereocenters. The number of benzene rings is 1. The molecule has 74 valence electrons. The molecule has 0 saturated carbocycles. The summed E-state index contributed by atoms with van der Waals surface area (Å²) < 4.78 is 0.760. The van der Waals surface area contributed by atoms with Gasteiger partial charge in [0.2, 0.25) is 0 Å². The molecule has 0 bridgehead atoms. The maximum Gasteiger partial charge on any atom is 0.129 e. The van der Waals surface area contributed by atoms with E-state index >= 15 is 0 Å². The molecule has 0 aromatic heterocycles. The monoisotopic (exact) mass is 265 g/mol. The number of hydrogen-bond acceptors (Lipinski definition) is 2. The highest BCUT2D eigenvalue weighted by molar-refractivity contribution is 9.10. The zero-order valence-electron chi connectivity index (χ0n) is 7.38. The van der Waals surface area contributed by atoms with E-state index in [9.17, 15) is 5.11 Å². The Balaban J connectivity index is 0.00000144. The van der Waals surface area contributed by atoms with E-state index in [0.29, 0.717) is 5.75 Å². The molecule has 0 aliphatic carbocycles. The van der Waals surface area contributed by atoms with Crippen LogP contribution in [0, 0.1) is 0 Å². The van der Waals surface area contributed by atoms with Gasteiger partial charge < -0.3 is 10.4 Å². The van der Waals surface area contributed by atoms with Crippen LogP contribution >= 0.6 is 28.3 Å². The number of halogens is 2. The Morgan fingerprint density at radius 1 is 1.46 bits per heavy atom. The van der Waals surface area contributed by atoms with E-state index in [1.165, 1.54) is 5.56 Å². The summed E-state index contributed by atoms with van der Waals surface area (Å²) in [5, 5.41) is 12.3.